The molecule has 2 N–H and O–H groups in total. The van der Waals surface area contributed by atoms with E-state index in [9.17, 15) is 15.0 Å². The number of carbonyl (C=O) groups is 1. The molecule has 37 heavy (non-hydrogen) atoms. The lowest BCUT2D eigenvalue weighted by Gasteiger charge is -2.29. The molecule has 0 aromatic heterocycles. The van der Waals surface area contributed by atoms with Crippen molar-refractivity contribution in [2.45, 2.75) is 89.1 Å². The second kappa shape index (κ2) is 13.8. The van der Waals surface area contributed by atoms with E-state index in [2.05, 4.69) is 4.90 Å². The SMILES string of the molecule is COc1cc(N(CCCO)CCCO)ccc1/C=C1/O/C(=N/C2CCCCC2)N(C2CCCCC2)C1=O. The van der Waals surface area contributed by atoms with Gasteiger partial charge >= 0.3 is 6.02 Å². The number of aliphatic imine (C=N–C) groups is 1. The predicted molar refractivity (Wildman–Crippen MR) is 146 cm³/mol. The molecule has 0 atom stereocenters. The van der Waals surface area contributed by atoms with E-state index in [1.165, 1.54) is 25.7 Å². The summed E-state index contributed by atoms with van der Waals surface area (Å²) in [6, 6.07) is 6.70. The molecule has 204 valence electrons. The Morgan fingerprint density at radius 1 is 1.03 bits per heavy atom. The fraction of sp³-hybridized carbons (Fsp3) is 0.655. The maximum atomic E-state index is 13.6. The minimum atomic E-state index is -0.111. The Morgan fingerprint density at radius 2 is 1.68 bits per heavy atom. The molecule has 0 spiro atoms. The van der Waals surface area contributed by atoms with Crippen LogP contribution < -0.4 is 9.64 Å². The summed E-state index contributed by atoms with van der Waals surface area (Å²) in [6.45, 7) is 1.58. The molecule has 8 heteroatoms. The zero-order valence-corrected chi connectivity index (χ0v) is 22.2. The van der Waals surface area contributed by atoms with Gasteiger partial charge in [-0.05, 0) is 56.7 Å². The van der Waals surface area contributed by atoms with Gasteiger partial charge in [0.15, 0.2) is 5.76 Å². The molecule has 1 aliphatic heterocycles. The molecule has 2 saturated carbocycles. The van der Waals surface area contributed by atoms with Gasteiger partial charge < -0.3 is 24.6 Å². The van der Waals surface area contributed by atoms with Crippen LogP contribution in [0.1, 0.15) is 82.6 Å². The number of methoxy groups -OCH3 is 1. The minimum absolute atomic E-state index is 0.110. The van der Waals surface area contributed by atoms with Crippen molar-refractivity contribution in [3.8, 4) is 5.75 Å². The van der Waals surface area contributed by atoms with Crippen LogP contribution in [0.5, 0.6) is 5.75 Å². The van der Waals surface area contributed by atoms with E-state index in [-0.39, 0.29) is 31.2 Å². The van der Waals surface area contributed by atoms with Gasteiger partial charge in [-0.25, -0.2) is 4.99 Å². The smallest absolute Gasteiger partial charge is 0.300 e. The van der Waals surface area contributed by atoms with Crippen molar-refractivity contribution in [3.05, 3.63) is 29.5 Å². The van der Waals surface area contributed by atoms with E-state index in [0.29, 0.717) is 43.5 Å². The summed E-state index contributed by atoms with van der Waals surface area (Å²) < 4.78 is 11.9. The molecule has 2 aliphatic carbocycles. The van der Waals surface area contributed by atoms with Gasteiger partial charge in [0.25, 0.3) is 5.91 Å². The highest BCUT2D eigenvalue weighted by molar-refractivity contribution is 6.11. The lowest BCUT2D eigenvalue weighted by molar-refractivity contribution is -0.124. The van der Waals surface area contributed by atoms with Crippen molar-refractivity contribution in [1.29, 1.82) is 0 Å². The second-order valence-electron chi connectivity index (χ2n) is 10.3. The number of nitrogens with zero attached hydrogens (tertiary/aromatic N) is 3. The first kappa shape index (κ1) is 27.5. The van der Waals surface area contributed by atoms with Crippen LogP contribution in [0.3, 0.4) is 0 Å². The maximum Gasteiger partial charge on any atom is 0.300 e. The molecular weight excluding hydrogens is 470 g/mol. The molecule has 0 radical (unpaired) electrons. The van der Waals surface area contributed by atoms with Crippen molar-refractivity contribution in [2.24, 2.45) is 4.99 Å². The Morgan fingerprint density at radius 3 is 2.30 bits per heavy atom. The predicted octanol–water partition coefficient (Wildman–Crippen LogP) is 4.49. The number of rotatable bonds is 11. The number of amides is 1. The summed E-state index contributed by atoms with van der Waals surface area (Å²) in [5.41, 5.74) is 1.71. The third kappa shape index (κ3) is 7.05. The third-order valence-corrected chi connectivity index (χ3v) is 7.69. The number of anilines is 1. The molecule has 1 heterocycles. The number of carbonyl (C=O) groups excluding carboxylic acids is 1. The molecule has 1 saturated heterocycles. The quantitative estimate of drug-likeness (QED) is 0.424. The van der Waals surface area contributed by atoms with Crippen LogP contribution in [0, 0.1) is 0 Å². The van der Waals surface area contributed by atoms with Gasteiger partial charge in [0.1, 0.15) is 5.75 Å². The Bertz CT molecular complexity index is 943. The molecule has 0 unspecified atom stereocenters. The first-order valence-corrected chi connectivity index (χ1v) is 14.1. The van der Waals surface area contributed by atoms with E-state index in [1.807, 2.05) is 23.1 Å². The largest absolute Gasteiger partial charge is 0.496 e. The molecule has 3 fully saturated rings. The number of benzene rings is 1. The van der Waals surface area contributed by atoms with Gasteiger partial charge in [-0.1, -0.05) is 38.5 Å². The summed E-state index contributed by atoms with van der Waals surface area (Å²) in [5, 5.41) is 18.6. The zero-order valence-electron chi connectivity index (χ0n) is 22.2. The number of aliphatic hydroxyl groups excluding tert-OH is 2. The first-order chi connectivity index (χ1) is 18.1. The van der Waals surface area contributed by atoms with E-state index in [1.54, 1.807) is 13.2 Å². The lowest BCUT2D eigenvalue weighted by atomic mass is 9.94. The Balaban J connectivity index is 1.60. The highest BCUT2D eigenvalue weighted by atomic mass is 16.5. The Hall–Kier alpha value is -2.58. The molecule has 4 rings (SSSR count). The number of ether oxygens (including phenoxy) is 2. The summed E-state index contributed by atoms with van der Waals surface area (Å²) >= 11 is 0. The van der Waals surface area contributed by atoms with Gasteiger partial charge in [0, 0.05) is 49.7 Å². The molecule has 8 nitrogen and oxygen atoms in total. The van der Waals surface area contributed by atoms with Crippen molar-refractivity contribution in [1.82, 2.24) is 4.90 Å². The maximum absolute atomic E-state index is 13.6. The summed E-state index contributed by atoms with van der Waals surface area (Å²) in [7, 11) is 1.62. The molecule has 1 aromatic rings. The van der Waals surface area contributed by atoms with Gasteiger partial charge in [-0.3, -0.25) is 9.69 Å². The van der Waals surface area contributed by atoms with Crippen molar-refractivity contribution < 1.29 is 24.5 Å². The third-order valence-electron chi connectivity index (χ3n) is 7.69. The molecular formula is C29H43N3O5. The normalized spacial score (nSPS) is 21.6. The molecule has 0 bridgehead atoms. The van der Waals surface area contributed by atoms with E-state index < -0.39 is 0 Å². The number of hydrogen-bond donors (Lipinski definition) is 2. The van der Waals surface area contributed by atoms with Crippen molar-refractivity contribution in [3.63, 3.8) is 0 Å². The average Bonchev–Trinajstić information content (AvgIpc) is 3.24. The summed E-state index contributed by atoms with van der Waals surface area (Å²) in [5.74, 6) is 0.824. The van der Waals surface area contributed by atoms with Gasteiger partial charge in [0.2, 0.25) is 0 Å². The molecule has 3 aliphatic rings. The Kier molecular flexibility index (Phi) is 10.3. The molecule has 1 aromatic carbocycles. The van der Waals surface area contributed by atoms with Crippen LogP contribution in [-0.2, 0) is 9.53 Å². The second-order valence-corrected chi connectivity index (χ2v) is 10.3. The van der Waals surface area contributed by atoms with Crippen LogP contribution >= 0.6 is 0 Å². The zero-order chi connectivity index (χ0) is 26.0. The topological polar surface area (TPSA) is 94.8 Å². The molecule has 1 amide bonds. The number of amidine groups is 1. The van der Waals surface area contributed by atoms with Gasteiger partial charge in [-0.2, -0.15) is 0 Å². The lowest BCUT2D eigenvalue weighted by Crippen LogP contribution is -2.41. The van der Waals surface area contributed by atoms with E-state index in [4.69, 9.17) is 14.5 Å². The first-order valence-electron chi connectivity index (χ1n) is 14.1. The average molecular weight is 514 g/mol. The van der Waals surface area contributed by atoms with Crippen LogP contribution in [0.15, 0.2) is 29.0 Å². The van der Waals surface area contributed by atoms with Crippen LogP contribution in [-0.4, -0.2) is 72.5 Å². The van der Waals surface area contributed by atoms with Gasteiger partial charge in [0.05, 0.1) is 13.2 Å². The monoisotopic (exact) mass is 513 g/mol. The van der Waals surface area contributed by atoms with Crippen molar-refractivity contribution in [2.75, 3.05) is 38.3 Å². The fourth-order valence-corrected chi connectivity index (χ4v) is 5.65. The standard InChI is InChI=1S/C29H43N3O5/c1-36-26-21-25(31(16-8-18-33)17-9-19-34)15-14-22(26)20-27-28(35)32(24-12-6-3-7-13-24)29(37-27)30-23-10-4-2-5-11-23/h14-15,20-21,23-24,33-34H,2-13,16-19H2,1H3/b27-20+,30-29+. The number of aliphatic hydroxyl groups is 2. The minimum Gasteiger partial charge on any atom is -0.496 e. The van der Waals surface area contributed by atoms with Crippen molar-refractivity contribution >= 4 is 23.7 Å². The fourth-order valence-electron chi connectivity index (χ4n) is 5.65. The number of hydrogen-bond acceptors (Lipinski definition) is 7. The van der Waals surface area contributed by atoms with Crippen LogP contribution in [0.25, 0.3) is 6.08 Å². The Labute approximate surface area is 221 Å². The van der Waals surface area contributed by atoms with E-state index in [0.717, 1.165) is 49.8 Å². The van der Waals surface area contributed by atoms with Crippen LogP contribution in [0.4, 0.5) is 5.69 Å². The summed E-state index contributed by atoms with van der Waals surface area (Å²) in [4.78, 5) is 22.5. The summed E-state index contributed by atoms with van der Waals surface area (Å²) in [6.07, 6.45) is 14.2. The van der Waals surface area contributed by atoms with Crippen LogP contribution in [0.2, 0.25) is 0 Å². The highest BCUT2D eigenvalue weighted by Crippen LogP contribution is 2.33. The van der Waals surface area contributed by atoms with Gasteiger partial charge in [-0.15, -0.1) is 0 Å². The highest BCUT2D eigenvalue weighted by Gasteiger charge is 2.40. The van der Waals surface area contributed by atoms with E-state index >= 15 is 0 Å².